The number of anilines is 1. The van der Waals surface area contributed by atoms with Gasteiger partial charge in [0.25, 0.3) is 0 Å². The van der Waals surface area contributed by atoms with Crippen molar-refractivity contribution < 1.29 is 4.74 Å². The van der Waals surface area contributed by atoms with Crippen LogP contribution in [-0.2, 0) is 0 Å². The highest BCUT2D eigenvalue weighted by atomic mass is 79.9. The molecule has 19 heavy (non-hydrogen) atoms. The van der Waals surface area contributed by atoms with Gasteiger partial charge in [0.1, 0.15) is 11.6 Å². The summed E-state index contributed by atoms with van der Waals surface area (Å²) < 4.78 is 6.53. The van der Waals surface area contributed by atoms with Crippen molar-refractivity contribution >= 4 is 33.3 Å². The number of halogens is 2. The van der Waals surface area contributed by atoms with Crippen molar-refractivity contribution in [1.82, 2.24) is 4.98 Å². The number of hydrogen-bond donors (Lipinski definition) is 1. The Labute approximate surface area is 126 Å². The largest absolute Gasteiger partial charge is 0.438 e. The van der Waals surface area contributed by atoms with Crippen LogP contribution in [0.2, 0.25) is 5.02 Å². The van der Waals surface area contributed by atoms with Gasteiger partial charge in [-0.1, -0.05) is 24.6 Å². The van der Waals surface area contributed by atoms with E-state index >= 15 is 0 Å². The number of ether oxygens (including phenoxy) is 1. The van der Waals surface area contributed by atoms with Crippen molar-refractivity contribution in [3.63, 3.8) is 0 Å². The second-order valence-corrected chi connectivity index (χ2v) is 5.26. The molecular weight excluding hydrogens is 328 g/mol. The predicted octanol–water partition coefficient (Wildman–Crippen LogP) is 5.11. The molecule has 0 radical (unpaired) electrons. The Bertz CT molecular complexity index is 563. The van der Waals surface area contributed by atoms with Crippen LogP contribution in [0.3, 0.4) is 0 Å². The monoisotopic (exact) mass is 340 g/mol. The van der Waals surface area contributed by atoms with Crippen molar-refractivity contribution in [2.75, 3.05) is 11.9 Å². The molecule has 2 aromatic rings. The van der Waals surface area contributed by atoms with Crippen molar-refractivity contribution in [1.29, 1.82) is 0 Å². The molecule has 3 nitrogen and oxygen atoms in total. The minimum atomic E-state index is 0.545. The van der Waals surface area contributed by atoms with Crippen LogP contribution >= 0.6 is 27.5 Å². The molecule has 0 saturated heterocycles. The van der Waals surface area contributed by atoms with E-state index in [1.807, 2.05) is 18.2 Å². The van der Waals surface area contributed by atoms with Crippen LogP contribution in [0.15, 0.2) is 40.9 Å². The first kappa shape index (κ1) is 14.2. The lowest BCUT2D eigenvalue weighted by Gasteiger charge is -2.09. The summed E-state index contributed by atoms with van der Waals surface area (Å²) in [7, 11) is 0. The zero-order valence-electron chi connectivity index (χ0n) is 10.5. The molecule has 0 atom stereocenters. The molecule has 1 heterocycles. The first-order chi connectivity index (χ1) is 9.19. The van der Waals surface area contributed by atoms with Crippen molar-refractivity contribution in [3.8, 4) is 11.6 Å². The minimum absolute atomic E-state index is 0.545. The Balaban J connectivity index is 2.14. The standard InChI is InChI=1S/C14H14BrClN2O/c1-2-8-17-13-4-3-5-14(18-13)19-12-7-6-10(16)9-11(12)15/h3-7,9H,2,8H2,1H3,(H,17,18). The lowest BCUT2D eigenvalue weighted by Crippen LogP contribution is -2.02. The van der Waals surface area contributed by atoms with Crippen LogP contribution in [0.5, 0.6) is 11.6 Å². The van der Waals surface area contributed by atoms with Gasteiger partial charge in [-0.15, -0.1) is 0 Å². The van der Waals surface area contributed by atoms with Crippen LogP contribution in [0.1, 0.15) is 13.3 Å². The van der Waals surface area contributed by atoms with Gasteiger partial charge in [-0.2, -0.15) is 4.98 Å². The minimum Gasteiger partial charge on any atom is -0.438 e. The summed E-state index contributed by atoms with van der Waals surface area (Å²) >= 11 is 9.30. The molecule has 1 N–H and O–H groups in total. The van der Waals surface area contributed by atoms with E-state index < -0.39 is 0 Å². The second-order valence-electron chi connectivity index (χ2n) is 3.96. The summed E-state index contributed by atoms with van der Waals surface area (Å²) in [6.45, 7) is 3.00. The second kappa shape index (κ2) is 6.78. The van der Waals surface area contributed by atoms with Crippen LogP contribution in [0.4, 0.5) is 5.82 Å². The summed E-state index contributed by atoms with van der Waals surface area (Å²) in [6.07, 6.45) is 1.05. The Hall–Kier alpha value is -1.26. The molecule has 100 valence electrons. The summed E-state index contributed by atoms with van der Waals surface area (Å²) in [6, 6.07) is 11.0. The van der Waals surface area contributed by atoms with E-state index in [0.29, 0.717) is 16.7 Å². The molecule has 0 aliphatic heterocycles. The van der Waals surface area contributed by atoms with E-state index in [0.717, 1.165) is 23.3 Å². The highest BCUT2D eigenvalue weighted by molar-refractivity contribution is 9.10. The van der Waals surface area contributed by atoms with E-state index in [4.69, 9.17) is 16.3 Å². The number of aromatic nitrogens is 1. The van der Waals surface area contributed by atoms with E-state index in [1.54, 1.807) is 18.2 Å². The van der Waals surface area contributed by atoms with Crippen molar-refractivity contribution in [2.24, 2.45) is 0 Å². The number of nitrogens with zero attached hydrogens (tertiary/aromatic N) is 1. The van der Waals surface area contributed by atoms with Gasteiger partial charge >= 0.3 is 0 Å². The third-order valence-electron chi connectivity index (χ3n) is 2.39. The molecule has 0 aliphatic carbocycles. The first-order valence-corrected chi connectivity index (χ1v) is 7.20. The maximum absolute atomic E-state index is 5.89. The van der Waals surface area contributed by atoms with Crippen LogP contribution in [0.25, 0.3) is 0 Å². The zero-order valence-corrected chi connectivity index (χ0v) is 12.8. The van der Waals surface area contributed by atoms with E-state index in [9.17, 15) is 0 Å². The third-order valence-corrected chi connectivity index (χ3v) is 3.24. The van der Waals surface area contributed by atoms with Crippen molar-refractivity contribution in [2.45, 2.75) is 13.3 Å². The molecule has 0 bridgehead atoms. The maximum Gasteiger partial charge on any atom is 0.221 e. The predicted molar refractivity (Wildman–Crippen MR) is 82.2 cm³/mol. The highest BCUT2D eigenvalue weighted by Gasteiger charge is 2.05. The number of benzene rings is 1. The summed E-state index contributed by atoms with van der Waals surface area (Å²) in [5, 5.41) is 3.88. The lowest BCUT2D eigenvalue weighted by atomic mass is 10.3. The normalized spacial score (nSPS) is 10.3. The van der Waals surface area contributed by atoms with Gasteiger partial charge in [0.15, 0.2) is 0 Å². The number of rotatable bonds is 5. The van der Waals surface area contributed by atoms with Gasteiger partial charge in [-0.05, 0) is 46.6 Å². The molecule has 0 saturated carbocycles. The third kappa shape index (κ3) is 4.11. The molecule has 0 fully saturated rings. The lowest BCUT2D eigenvalue weighted by molar-refractivity contribution is 0.461. The van der Waals surface area contributed by atoms with Gasteiger partial charge in [0.2, 0.25) is 5.88 Å². The van der Waals surface area contributed by atoms with Crippen LogP contribution in [0, 0.1) is 0 Å². The molecule has 0 aliphatic rings. The summed E-state index contributed by atoms with van der Waals surface area (Å²) in [5.74, 6) is 2.04. The van der Waals surface area contributed by atoms with E-state index in [1.165, 1.54) is 0 Å². The average molecular weight is 342 g/mol. The van der Waals surface area contributed by atoms with Gasteiger partial charge in [0, 0.05) is 17.6 Å². The van der Waals surface area contributed by atoms with Crippen LogP contribution in [-0.4, -0.2) is 11.5 Å². The number of hydrogen-bond acceptors (Lipinski definition) is 3. The molecular formula is C14H14BrClN2O. The van der Waals surface area contributed by atoms with Gasteiger partial charge in [0.05, 0.1) is 4.47 Å². The van der Waals surface area contributed by atoms with E-state index in [2.05, 4.69) is 33.2 Å². The Morgan fingerprint density at radius 3 is 2.89 bits per heavy atom. The molecule has 1 aromatic carbocycles. The Kier molecular flexibility index (Phi) is 5.05. The van der Waals surface area contributed by atoms with Crippen molar-refractivity contribution in [3.05, 3.63) is 45.9 Å². The highest BCUT2D eigenvalue weighted by Crippen LogP contribution is 2.31. The summed E-state index contributed by atoms with van der Waals surface area (Å²) in [5.41, 5.74) is 0. The van der Waals surface area contributed by atoms with Gasteiger partial charge in [-0.3, -0.25) is 0 Å². The number of pyridine rings is 1. The molecule has 1 aromatic heterocycles. The van der Waals surface area contributed by atoms with E-state index in [-0.39, 0.29) is 0 Å². The fourth-order valence-electron chi connectivity index (χ4n) is 1.49. The fourth-order valence-corrected chi connectivity index (χ4v) is 2.26. The van der Waals surface area contributed by atoms with Crippen LogP contribution < -0.4 is 10.1 Å². The molecule has 0 spiro atoms. The molecule has 2 rings (SSSR count). The summed E-state index contributed by atoms with van der Waals surface area (Å²) in [4.78, 5) is 4.38. The van der Waals surface area contributed by atoms with Gasteiger partial charge in [-0.25, -0.2) is 0 Å². The zero-order chi connectivity index (χ0) is 13.7. The number of nitrogens with one attached hydrogen (secondary N) is 1. The Morgan fingerprint density at radius 2 is 2.16 bits per heavy atom. The average Bonchev–Trinajstić information content (AvgIpc) is 2.40. The molecule has 0 amide bonds. The Morgan fingerprint density at radius 1 is 1.32 bits per heavy atom. The topological polar surface area (TPSA) is 34.1 Å². The molecule has 0 unspecified atom stereocenters. The first-order valence-electron chi connectivity index (χ1n) is 6.03. The quantitative estimate of drug-likeness (QED) is 0.820. The van der Waals surface area contributed by atoms with Gasteiger partial charge < -0.3 is 10.1 Å². The SMILES string of the molecule is CCCNc1cccc(Oc2ccc(Cl)cc2Br)n1. The maximum atomic E-state index is 5.89. The smallest absolute Gasteiger partial charge is 0.221 e. The molecule has 5 heteroatoms. The fraction of sp³-hybridized carbons (Fsp3) is 0.214.